The van der Waals surface area contributed by atoms with Gasteiger partial charge in [0.15, 0.2) is 6.10 Å². The van der Waals surface area contributed by atoms with Crippen LogP contribution in [0.4, 0.5) is 0 Å². The summed E-state index contributed by atoms with van der Waals surface area (Å²) in [6.07, 6.45) is 2.19. The van der Waals surface area contributed by atoms with Crippen molar-refractivity contribution in [3.05, 3.63) is 53.3 Å². The molecule has 1 aliphatic carbocycles. The number of aromatic nitrogens is 2. The summed E-state index contributed by atoms with van der Waals surface area (Å²) in [5.74, 6) is -0.349. The minimum atomic E-state index is -1.13. The summed E-state index contributed by atoms with van der Waals surface area (Å²) in [4.78, 5) is 20.9. The second-order valence-corrected chi connectivity index (χ2v) is 6.85. The smallest absolute Gasteiger partial charge is 0.317 e. The van der Waals surface area contributed by atoms with Crippen LogP contribution in [0.1, 0.15) is 48.7 Å². The molecule has 0 radical (unpaired) electrons. The van der Waals surface area contributed by atoms with Crippen LogP contribution in [0.25, 0.3) is 0 Å². The molecule has 138 valence electrons. The molecule has 0 aliphatic heterocycles. The summed E-state index contributed by atoms with van der Waals surface area (Å²) in [7, 11) is 0. The van der Waals surface area contributed by atoms with E-state index in [1.165, 1.54) is 0 Å². The molecule has 26 heavy (non-hydrogen) atoms. The summed E-state index contributed by atoms with van der Waals surface area (Å²) >= 11 is 0. The largest absolute Gasteiger partial charge is 0.460 e. The molecular formula is C20H25N3O3. The molecule has 1 fully saturated rings. The fraction of sp³-hybridized carbons (Fsp3) is 0.450. The molecule has 0 unspecified atom stereocenters. The normalized spacial score (nSPS) is 21.0. The lowest BCUT2D eigenvalue weighted by molar-refractivity contribution is -0.130. The van der Waals surface area contributed by atoms with Gasteiger partial charge in [0, 0.05) is 17.4 Å². The first-order chi connectivity index (χ1) is 12.5. The maximum absolute atomic E-state index is 12.2. The van der Waals surface area contributed by atoms with Crippen LogP contribution in [0, 0.1) is 13.8 Å². The summed E-state index contributed by atoms with van der Waals surface area (Å²) in [6.45, 7) is 3.85. The van der Waals surface area contributed by atoms with E-state index in [2.05, 4.69) is 15.3 Å². The fourth-order valence-electron chi connectivity index (χ4n) is 3.29. The molecule has 0 spiro atoms. The summed E-state index contributed by atoms with van der Waals surface area (Å²) < 4.78 is 5.90. The van der Waals surface area contributed by atoms with E-state index >= 15 is 0 Å². The molecule has 1 aliphatic rings. The number of amides is 1. The highest BCUT2D eigenvalue weighted by Crippen LogP contribution is 2.23. The third-order valence-electron chi connectivity index (χ3n) is 4.62. The zero-order chi connectivity index (χ0) is 18.5. The average molecular weight is 355 g/mol. The first-order valence-electron chi connectivity index (χ1n) is 9.03. The Morgan fingerprint density at radius 3 is 2.35 bits per heavy atom. The predicted molar refractivity (Wildman–Crippen MR) is 97.7 cm³/mol. The molecule has 1 saturated carbocycles. The number of aryl methyl sites for hydroxylation is 2. The Kier molecular flexibility index (Phi) is 5.83. The van der Waals surface area contributed by atoms with Crippen molar-refractivity contribution in [1.29, 1.82) is 0 Å². The van der Waals surface area contributed by atoms with Crippen LogP contribution in [0.15, 0.2) is 36.4 Å². The summed E-state index contributed by atoms with van der Waals surface area (Å²) in [5.41, 5.74) is 2.39. The zero-order valence-electron chi connectivity index (χ0n) is 15.2. The minimum absolute atomic E-state index is 0.0564. The number of hydrogen-bond acceptors (Lipinski definition) is 5. The molecule has 0 saturated heterocycles. The van der Waals surface area contributed by atoms with Gasteiger partial charge in [-0.05, 0) is 51.2 Å². The number of rotatable bonds is 5. The standard InChI is InChI=1S/C20H25N3O3/c1-13-12-14(2)22-20(21-13)26-17-10-8-16(9-11-17)23-19(25)18(24)15-6-4-3-5-7-15/h3-7,12,16-18,24H,8-11H2,1-2H3,(H,23,25)/t16?,17?,18-/m1/s1. The molecule has 3 rings (SSSR count). The lowest BCUT2D eigenvalue weighted by atomic mass is 9.92. The molecule has 2 aromatic rings. The second kappa shape index (κ2) is 8.27. The number of aliphatic hydroxyl groups excluding tert-OH is 1. The van der Waals surface area contributed by atoms with Crippen molar-refractivity contribution in [3.8, 4) is 6.01 Å². The SMILES string of the molecule is Cc1cc(C)nc(OC2CCC(NC(=O)[C@H](O)c3ccccc3)CC2)n1. The van der Waals surface area contributed by atoms with E-state index in [0.717, 1.165) is 37.1 Å². The van der Waals surface area contributed by atoms with E-state index in [9.17, 15) is 9.90 Å². The van der Waals surface area contributed by atoms with Crippen molar-refractivity contribution in [1.82, 2.24) is 15.3 Å². The van der Waals surface area contributed by atoms with Crippen LogP contribution in [-0.4, -0.2) is 33.1 Å². The van der Waals surface area contributed by atoms with Gasteiger partial charge in [-0.2, -0.15) is 0 Å². The Labute approximate surface area is 153 Å². The Morgan fingerprint density at radius 1 is 1.12 bits per heavy atom. The van der Waals surface area contributed by atoms with Crippen LogP contribution in [0.5, 0.6) is 6.01 Å². The highest BCUT2D eigenvalue weighted by molar-refractivity contribution is 5.82. The number of benzene rings is 1. The fourth-order valence-corrected chi connectivity index (χ4v) is 3.29. The van der Waals surface area contributed by atoms with Gasteiger partial charge in [0.25, 0.3) is 5.91 Å². The number of ether oxygens (including phenoxy) is 1. The van der Waals surface area contributed by atoms with Gasteiger partial charge in [0.1, 0.15) is 6.10 Å². The van der Waals surface area contributed by atoms with Crippen molar-refractivity contribution in [3.63, 3.8) is 0 Å². The first-order valence-corrected chi connectivity index (χ1v) is 9.03. The molecule has 1 atom stereocenters. The van der Waals surface area contributed by atoms with E-state index in [1.54, 1.807) is 12.1 Å². The number of carbonyl (C=O) groups excluding carboxylic acids is 1. The summed E-state index contributed by atoms with van der Waals surface area (Å²) in [5, 5.41) is 13.1. The van der Waals surface area contributed by atoms with Crippen molar-refractivity contribution >= 4 is 5.91 Å². The van der Waals surface area contributed by atoms with Gasteiger partial charge in [0.05, 0.1) is 0 Å². The van der Waals surface area contributed by atoms with Crippen molar-refractivity contribution in [2.45, 2.75) is 57.8 Å². The van der Waals surface area contributed by atoms with E-state index in [4.69, 9.17) is 4.74 Å². The maximum Gasteiger partial charge on any atom is 0.317 e. The Bertz CT molecular complexity index is 723. The van der Waals surface area contributed by atoms with Crippen molar-refractivity contribution < 1.29 is 14.6 Å². The van der Waals surface area contributed by atoms with E-state index in [0.29, 0.717) is 11.6 Å². The number of nitrogens with zero attached hydrogens (tertiary/aromatic N) is 2. The highest BCUT2D eigenvalue weighted by Gasteiger charge is 2.26. The third kappa shape index (κ3) is 4.79. The van der Waals surface area contributed by atoms with Gasteiger partial charge in [-0.1, -0.05) is 30.3 Å². The number of carbonyl (C=O) groups is 1. The Balaban J connectivity index is 1.48. The number of hydrogen-bond donors (Lipinski definition) is 2. The molecule has 0 bridgehead atoms. The first kappa shape index (κ1) is 18.3. The van der Waals surface area contributed by atoms with Gasteiger partial charge in [-0.3, -0.25) is 4.79 Å². The maximum atomic E-state index is 12.2. The van der Waals surface area contributed by atoms with E-state index < -0.39 is 6.10 Å². The van der Waals surface area contributed by atoms with E-state index in [1.807, 2.05) is 38.1 Å². The minimum Gasteiger partial charge on any atom is -0.460 e. The molecule has 1 aromatic heterocycles. The third-order valence-corrected chi connectivity index (χ3v) is 4.62. The topological polar surface area (TPSA) is 84.3 Å². The van der Waals surface area contributed by atoms with Crippen LogP contribution in [0.2, 0.25) is 0 Å². The second-order valence-electron chi connectivity index (χ2n) is 6.85. The van der Waals surface area contributed by atoms with Crippen LogP contribution in [-0.2, 0) is 4.79 Å². The molecule has 2 N–H and O–H groups in total. The van der Waals surface area contributed by atoms with Gasteiger partial charge < -0.3 is 15.2 Å². The predicted octanol–water partition coefficient (Wildman–Crippen LogP) is 2.63. The molecule has 1 amide bonds. The van der Waals surface area contributed by atoms with Crippen LogP contribution >= 0.6 is 0 Å². The summed E-state index contributed by atoms with van der Waals surface area (Å²) in [6, 6.07) is 11.4. The Morgan fingerprint density at radius 2 is 1.73 bits per heavy atom. The van der Waals surface area contributed by atoms with Crippen LogP contribution in [0.3, 0.4) is 0 Å². The Hall–Kier alpha value is -2.47. The zero-order valence-corrected chi connectivity index (χ0v) is 15.2. The molecule has 6 heteroatoms. The molecule has 1 heterocycles. The van der Waals surface area contributed by atoms with E-state index in [-0.39, 0.29) is 18.1 Å². The monoisotopic (exact) mass is 355 g/mol. The van der Waals surface area contributed by atoms with Crippen LogP contribution < -0.4 is 10.1 Å². The lowest BCUT2D eigenvalue weighted by Gasteiger charge is -2.29. The quantitative estimate of drug-likeness (QED) is 0.861. The van der Waals surface area contributed by atoms with Gasteiger partial charge >= 0.3 is 6.01 Å². The highest BCUT2D eigenvalue weighted by atomic mass is 16.5. The van der Waals surface area contributed by atoms with Crippen molar-refractivity contribution in [2.24, 2.45) is 0 Å². The molecular weight excluding hydrogens is 330 g/mol. The van der Waals surface area contributed by atoms with Gasteiger partial charge in [-0.15, -0.1) is 0 Å². The van der Waals surface area contributed by atoms with Gasteiger partial charge in [-0.25, -0.2) is 9.97 Å². The number of aliphatic hydroxyl groups is 1. The van der Waals surface area contributed by atoms with Crippen molar-refractivity contribution in [2.75, 3.05) is 0 Å². The lowest BCUT2D eigenvalue weighted by Crippen LogP contribution is -2.41. The molecule has 1 aromatic carbocycles. The molecule has 6 nitrogen and oxygen atoms in total. The number of nitrogens with one attached hydrogen (secondary N) is 1. The van der Waals surface area contributed by atoms with Gasteiger partial charge in [0.2, 0.25) is 0 Å². The average Bonchev–Trinajstić information content (AvgIpc) is 2.62.